The summed E-state index contributed by atoms with van der Waals surface area (Å²) in [5.74, 6) is 0.0190. The van der Waals surface area contributed by atoms with Crippen LogP contribution in [-0.2, 0) is 4.79 Å². The summed E-state index contributed by atoms with van der Waals surface area (Å²) in [5.41, 5.74) is 1.65. The quantitative estimate of drug-likeness (QED) is 0.715. The molecule has 2 amide bonds. The molecule has 0 saturated carbocycles. The molecule has 4 rings (SSSR count). The molecule has 0 aromatic heterocycles. The van der Waals surface area contributed by atoms with Crippen LogP contribution in [0, 0.1) is 5.92 Å². The minimum absolute atomic E-state index is 0.00338. The van der Waals surface area contributed by atoms with Crippen LogP contribution in [0.3, 0.4) is 0 Å². The van der Waals surface area contributed by atoms with Gasteiger partial charge < -0.3 is 10.2 Å². The standard InChI is InChI=1S/C15H14N2O2/c18-14-11-7-3-4-8-12(11)17-13(16-14)9-5-1-2-6-10(9)15(17)19/h1-6,11-13H,7-8H2,(H,16,18)/t11-,12+,13+/m1/s1. The van der Waals surface area contributed by atoms with Gasteiger partial charge in [0.05, 0.1) is 5.92 Å². The SMILES string of the molecule is O=C1N[C@@H]2c3ccccc3C(=O)N2[C@H]2CC=CC[C@@H]12. The Hall–Kier alpha value is -2.10. The van der Waals surface area contributed by atoms with Crippen molar-refractivity contribution in [2.24, 2.45) is 5.92 Å². The van der Waals surface area contributed by atoms with Gasteiger partial charge in [0.25, 0.3) is 5.91 Å². The number of amides is 2. The Morgan fingerprint density at radius 1 is 1.11 bits per heavy atom. The zero-order chi connectivity index (χ0) is 13.0. The third kappa shape index (κ3) is 1.34. The zero-order valence-corrected chi connectivity index (χ0v) is 10.4. The van der Waals surface area contributed by atoms with Crippen molar-refractivity contribution in [2.45, 2.75) is 25.0 Å². The van der Waals surface area contributed by atoms with E-state index >= 15 is 0 Å². The van der Waals surface area contributed by atoms with Gasteiger partial charge in [0.2, 0.25) is 5.91 Å². The summed E-state index contributed by atoms with van der Waals surface area (Å²) in [6, 6.07) is 7.56. The van der Waals surface area contributed by atoms with Crippen molar-refractivity contribution in [1.82, 2.24) is 10.2 Å². The molecule has 3 atom stereocenters. The van der Waals surface area contributed by atoms with Crippen LogP contribution >= 0.6 is 0 Å². The highest BCUT2D eigenvalue weighted by Crippen LogP contribution is 2.41. The molecule has 2 heterocycles. The molecule has 2 aliphatic heterocycles. The van der Waals surface area contributed by atoms with Crippen LogP contribution in [0.2, 0.25) is 0 Å². The first kappa shape index (κ1) is 10.8. The Bertz CT molecular complexity index is 608. The van der Waals surface area contributed by atoms with E-state index in [2.05, 4.69) is 11.4 Å². The van der Waals surface area contributed by atoms with Crippen molar-refractivity contribution in [3.63, 3.8) is 0 Å². The zero-order valence-electron chi connectivity index (χ0n) is 10.4. The normalized spacial score (nSPS) is 31.6. The number of nitrogens with one attached hydrogen (secondary N) is 1. The van der Waals surface area contributed by atoms with Crippen molar-refractivity contribution in [1.29, 1.82) is 0 Å². The monoisotopic (exact) mass is 254 g/mol. The predicted octanol–water partition coefficient (Wildman–Crippen LogP) is 1.61. The third-order valence-corrected chi connectivity index (χ3v) is 4.37. The van der Waals surface area contributed by atoms with Gasteiger partial charge in [-0.2, -0.15) is 0 Å². The minimum atomic E-state index is -0.274. The molecule has 1 aromatic rings. The highest BCUT2D eigenvalue weighted by molar-refractivity contribution is 6.01. The summed E-state index contributed by atoms with van der Waals surface area (Å²) in [5, 5.41) is 3.00. The van der Waals surface area contributed by atoms with E-state index in [1.807, 2.05) is 35.2 Å². The second kappa shape index (κ2) is 3.70. The lowest BCUT2D eigenvalue weighted by Gasteiger charge is -2.43. The van der Waals surface area contributed by atoms with E-state index in [1.54, 1.807) is 0 Å². The summed E-state index contributed by atoms with van der Waals surface area (Å²) >= 11 is 0. The number of benzene rings is 1. The van der Waals surface area contributed by atoms with Gasteiger partial charge in [-0.15, -0.1) is 0 Å². The molecular weight excluding hydrogens is 240 g/mol. The molecule has 0 radical (unpaired) electrons. The second-order valence-electron chi connectivity index (χ2n) is 5.33. The van der Waals surface area contributed by atoms with Gasteiger partial charge in [0, 0.05) is 17.2 Å². The average Bonchev–Trinajstić information content (AvgIpc) is 2.73. The van der Waals surface area contributed by atoms with Crippen molar-refractivity contribution in [3.05, 3.63) is 47.5 Å². The fourth-order valence-electron chi connectivity index (χ4n) is 3.46. The lowest BCUT2D eigenvalue weighted by molar-refractivity contribution is -0.134. The summed E-state index contributed by atoms with van der Waals surface area (Å²) in [6.07, 6.45) is 5.34. The van der Waals surface area contributed by atoms with Gasteiger partial charge in [-0.05, 0) is 18.9 Å². The average molecular weight is 254 g/mol. The van der Waals surface area contributed by atoms with Gasteiger partial charge in [-0.25, -0.2) is 0 Å². The van der Waals surface area contributed by atoms with Crippen LogP contribution in [0.15, 0.2) is 36.4 Å². The minimum Gasteiger partial charge on any atom is -0.332 e. The molecule has 0 unspecified atom stereocenters. The fourth-order valence-corrected chi connectivity index (χ4v) is 3.46. The van der Waals surface area contributed by atoms with Crippen LogP contribution in [-0.4, -0.2) is 22.8 Å². The Kier molecular flexibility index (Phi) is 2.10. The van der Waals surface area contributed by atoms with Gasteiger partial charge in [-0.3, -0.25) is 9.59 Å². The molecule has 96 valence electrons. The Balaban J connectivity index is 1.83. The summed E-state index contributed by atoms with van der Waals surface area (Å²) in [6.45, 7) is 0. The molecule has 0 spiro atoms. The number of allylic oxidation sites excluding steroid dienone is 1. The number of carbonyl (C=O) groups excluding carboxylic acids is 2. The number of rotatable bonds is 0. The van der Waals surface area contributed by atoms with Gasteiger partial charge in [0.1, 0.15) is 6.17 Å². The molecule has 4 heteroatoms. The number of hydrogen-bond donors (Lipinski definition) is 1. The van der Waals surface area contributed by atoms with E-state index in [-0.39, 0.29) is 29.9 Å². The van der Waals surface area contributed by atoms with E-state index < -0.39 is 0 Å². The molecular formula is C15H14N2O2. The summed E-state index contributed by atoms with van der Waals surface area (Å²) < 4.78 is 0. The molecule has 1 N–H and O–H groups in total. The van der Waals surface area contributed by atoms with Crippen molar-refractivity contribution < 1.29 is 9.59 Å². The smallest absolute Gasteiger partial charge is 0.256 e. The van der Waals surface area contributed by atoms with Gasteiger partial charge >= 0.3 is 0 Å². The first-order valence-corrected chi connectivity index (χ1v) is 6.64. The van der Waals surface area contributed by atoms with Crippen LogP contribution in [0.5, 0.6) is 0 Å². The number of fused-ring (bicyclic) bond motifs is 5. The van der Waals surface area contributed by atoms with E-state index in [9.17, 15) is 9.59 Å². The second-order valence-corrected chi connectivity index (χ2v) is 5.33. The number of carbonyl (C=O) groups is 2. The number of hydrogen-bond acceptors (Lipinski definition) is 2. The van der Waals surface area contributed by atoms with Crippen molar-refractivity contribution >= 4 is 11.8 Å². The summed E-state index contributed by atoms with van der Waals surface area (Å²) in [4.78, 5) is 26.6. The Morgan fingerprint density at radius 2 is 1.89 bits per heavy atom. The molecule has 1 aliphatic carbocycles. The largest absolute Gasteiger partial charge is 0.332 e. The maximum absolute atomic E-state index is 12.5. The fraction of sp³-hybridized carbons (Fsp3) is 0.333. The van der Waals surface area contributed by atoms with Gasteiger partial charge in [0.15, 0.2) is 0 Å². The molecule has 1 fully saturated rings. The Morgan fingerprint density at radius 3 is 2.79 bits per heavy atom. The molecule has 0 bridgehead atoms. The maximum Gasteiger partial charge on any atom is 0.256 e. The van der Waals surface area contributed by atoms with Crippen molar-refractivity contribution in [3.8, 4) is 0 Å². The molecule has 1 saturated heterocycles. The topological polar surface area (TPSA) is 49.4 Å². The predicted molar refractivity (Wildman–Crippen MR) is 69.1 cm³/mol. The van der Waals surface area contributed by atoms with Crippen LogP contribution in [0.4, 0.5) is 0 Å². The highest BCUT2D eigenvalue weighted by atomic mass is 16.2. The van der Waals surface area contributed by atoms with Crippen LogP contribution < -0.4 is 5.32 Å². The third-order valence-electron chi connectivity index (χ3n) is 4.37. The van der Waals surface area contributed by atoms with Crippen LogP contribution in [0.1, 0.15) is 34.9 Å². The molecule has 3 aliphatic rings. The first-order chi connectivity index (χ1) is 9.27. The Labute approximate surface area is 111 Å². The molecule has 1 aromatic carbocycles. The van der Waals surface area contributed by atoms with Gasteiger partial charge in [-0.1, -0.05) is 30.4 Å². The van der Waals surface area contributed by atoms with E-state index in [1.165, 1.54) is 0 Å². The molecule has 4 nitrogen and oxygen atoms in total. The van der Waals surface area contributed by atoms with Crippen LogP contribution in [0.25, 0.3) is 0 Å². The lowest BCUT2D eigenvalue weighted by Crippen LogP contribution is -2.58. The maximum atomic E-state index is 12.5. The lowest BCUT2D eigenvalue weighted by atomic mass is 9.85. The first-order valence-electron chi connectivity index (χ1n) is 6.64. The highest BCUT2D eigenvalue weighted by Gasteiger charge is 2.49. The van der Waals surface area contributed by atoms with E-state index in [0.29, 0.717) is 0 Å². The summed E-state index contributed by atoms with van der Waals surface area (Å²) in [7, 11) is 0. The molecule has 19 heavy (non-hydrogen) atoms. The number of nitrogens with zero attached hydrogens (tertiary/aromatic N) is 1. The van der Waals surface area contributed by atoms with E-state index in [0.717, 1.165) is 24.0 Å². The van der Waals surface area contributed by atoms with Crippen molar-refractivity contribution in [2.75, 3.05) is 0 Å². The van der Waals surface area contributed by atoms with E-state index in [4.69, 9.17) is 0 Å².